The largest absolute Gasteiger partial charge is 0.403 e. The highest BCUT2D eigenvalue weighted by molar-refractivity contribution is 6.19. The highest BCUT2D eigenvalue weighted by Gasteiger charge is 2.27. The first kappa shape index (κ1) is 19.9. The number of amides is 1. The molecule has 1 unspecified atom stereocenters. The third-order valence-electron chi connectivity index (χ3n) is 5.70. The number of benzene rings is 4. The molecule has 1 aliphatic rings. The summed E-state index contributed by atoms with van der Waals surface area (Å²) in [5, 5.41) is 16.4. The summed E-state index contributed by atoms with van der Waals surface area (Å²) in [5.41, 5.74) is 3.96. The van der Waals surface area contributed by atoms with Gasteiger partial charge in [-0.05, 0) is 22.9 Å². The van der Waals surface area contributed by atoms with E-state index in [1.165, 1.54) is 0 Å². The van der Waals surface area contributed by atoms with Gasteiger partial charge in [0.2, 0.25) is 12.1 Å². The van der Waals surface area contributed by atoms with Crippen LogP contribution in [-0.4, -0.2) is 28.0 Å². The third kappa shape index (κ3) is 3.59. The maximum absolute atomic E-state index is 13.0. The van der Waals surface area contributed by atoms with Crippen LogP contribution in [0.15, 0.2) is 106 Å². The number of benzodiazepines with no additional fused rings is 1. The van der Waals surface area contributed by atoms with Crippen molar-refractivity contribution in [2.24, 2.45) is 4.99 Å². The first-order valence-electron chi connectivity index (χ1n) is 10.9. The van der Waals surface area contributed by atoms with Gasteiger partial charge in [-0.2, -0.15) is 0 Å². The molecule has 0 saturated carbocycles. The molecule has 34 heavy (non-hydrogen) atoms. The molecule has 2 N–H and O–H groups in total. The highest BCUT2D eigenvalue weighted by atomic mass is 16.4. The first-order chi connectivity index (χ1) is 16.8. The van der Waals surface area contributed by atoms with E-state index in [4.69, 9.17) is 9.41 Å². The standard InChI is InChI=1S/C27H19N5O2/c33-25-24(29-23(18-10-2-1-3-11-18)21-14-6-7-16-22(21)28-25)30-27-32-31-26(34-27)20-15-8-12-17-9-4-5-13-19(17)20/h1-16,24H,(H,28,33)(H,30,32). The molecular formula is C27H19N5O2. The van der Waals surface area contributed by atoms with Crippen molar-refractivity contribution in [2.45, 2.75) is 6.17 Å². The summed E-state index contributed by atoms with van der Waals surface area (Å²) >= 11 is 0. The maximum Gasteiger partial charge on any atom is 0.317 e. The predicted octanol–water partition coefficient (Wildman–Crippen LogP) is 5.12. The number of rotatable bonds is 4. The topological polar surface area (TPSA) is 92.4 Å². The van der Waals surface area contributed by atoms with Crippen molar-refractivity contribution in [3.8, 4) is 11.5 Å². The molecule has 7 heteroatoms. The molecule has 1 amide bonds. The van der Waals surface area contributed by atoms with Crippen LogP contribution >= 0.6 is 0 Å². The maximum atomic E-state index is 13.0. The van der Waals surface area contributed by atoms with Crippen LogP contribution in [0.25, 0.3) is 22.2 Å². The van der Waals surface area contributed by atoms with Gasteiger partial charge in [-0.15, -0.1) is 5.10 Å². The minimum Gasteiger partial charge on any atom is -0.403 e. The van der Waals surface area contributed by atoms with Crippen LogP contribution in [0.3, 0.4) is 0 Å². The molecule has 1 aliphatic heterocycles. The molecule has 0 spiro atoms. The summed E-state index contributed by atoms with van der Waals surface area (Å²) in [6.45, 7) is 0. The van der Waals surface area contributed by atoms with Crippen LogP contribution in [0.5, 0.6) is 0 Å². The second-order valence-corrected chi connectivity index (χ2v) is 7.86. The van der Waals surface area contributed by atoms with Crippen molar-refractivity contribution in [1.29, 1.82) is 0 Å². The Morgan fingerprint density at radius 2 is 1.50 bits per heavy atom. The second kappa shape index (κ2) is 8.29. The van der Waals surface area contributed by atoms with E-state index in [9.17, 15) is 4.79 Å². The van der Waals surface area contributed by atoms with Crippen molar-refractivity contribution in [3.05, 3.63) is 108 Å². The van der Waals surface area contributed by atoms with Gasteiger partial charge in [-0.25, -0.2) is 4.99 Å². The van der Waals surface area contributed by atoms with E-state index in [1.807, 2.05) is 97.1 Å². The van der Waals surface area contributed by atoms with Crippen LogP contribution in [0, 0.1) is 0 Å². The molecule has 2 heterocycles. The fraction of sp³-hybridized carbons (Fsp3) is 0.0370. The highest BCUT2D eigenvalue weighted by Crippen LogP contribution is 2.29. The molecule has 1 atom stereocenters. The number of nitrogens with one attached hydrogen (secondary N) is 2. The molecule has 0 radical (unpaired) electrons. The number of nitrogens with zero attached hydrogens (tertiary/aromatic N) is 3. The number of fused-ring (bicyclic) bond motifs is 2. The molecule has 1 aromatic heterocycles. The van der Waals surface area contributed by atoms with E-state index in [1.54, 1.807) is 0 Å². The van der Waals surface area contributed by atoms with Crippen molar-refractivity contribution in [3.63, 3.8) is 0 Å². The van der Waals surface area contributed by atoms with Gasteiger partial charge < -0.3 is 15.1 Å². The molecule has 164 valence electrons. The van der Waals surface area contributed by atoms with Crippen molar-refractivity contribution >= 4 is 34.1 Å². The molecule has 0 fully saturated rings. The van der Waals surface area contributed by atoms with Crippen LogP contribution < -0.4 is 10.6 Å². The Kier molecular flexibility index (Phi) is 4.85. The summed E-state index contributed by atoms with van der Waals surface area (Å²) < 4.78 is 5.91. The Hall–Kier alpha value is -4.78. The summed E-state index contributed by atoms with van der Waals surface area (Å²) in [4.78, 5) is 17.8. The lowest BCUT2D eigenvalue weighted by molar-refractivity contribution is -0.116. The second-order valence-electron chi connectivity index (χ2n) is 7.86. The zero-order valence-corrected chi connectivity index (χ0v) is 18.0. The van der Waals surface area contributed by atoms with Gasteiger partial charge in [0.15, 0.2) is 0 Å². The normalized spacial score (nSPS) is 15.2. The number of hydrogen-bond acceptors (Lipinski definition) is 6. The van der Waals surface area contributed by atoms with Gasteiger partial charge in [0.1, 0.15) is 0 Å². The fourth-order valence-corrected chi connectivity index (χ4v) is 4.10. The number of hydrogen-bond donors (Lipinski definition) is 2. The lowest BCUT2D eigenvalue weighted by Crippen LogP contribution is -2.32. The summed E-state index contributed by atoms with van der Waals surface area (Å²) in [7, 11) is 0. The Morgan fingerprint density at radius 3 is 2.41 bits per heavy atom. The minimum atomic E-state index is -0.955. The quantitative estimate of drug-likeness (QED) is 0.401. The molecule has 4 aromatic carbocycles. The number of para-hydroxylation sites is 1. The van der Waals surface area contributed by atoms with Gasteiger partial charge in [-0.1, -0.05) is 90.0 Å². The predicted molar refractivity (Wildman–Crippen MR) is 132 cm³/mol. The summed E-state index contributed by atoms with van der Waals surface area (Å²) in [6.07, 6.45) is -0.955. The Morgan fingerprint density at radius 1 is 0.765 bits per heavy atom. The van der Waals surface area contributed by atoms with E-state index in [0.717, 1.165) is 27.5 Å². The average molecular weight is 445 g/mol. The molecule has 7 nitrogen and oxygen atoms in total. The number of carbonyl (C=O) groups is 1. The zero-order chi connectivity index (χ0) is 22.9. The zero-order valence-electron chi connectivity index (χ0n) is 18.0. The van der Waals surface area contributed by atoms with Crippen molar-refractivity contribution in [2.75, 3.05) is 10.6 Å². The third-order valence-corrected chi connectivity index (χ3v) is 5.70. The van der Waals surface area contributed by atoms with Crippen molar-refractivity contribution in [1.82, 2.24) is 10.2 Å². The Bertz CT molecular complexity index is 1540. The number of anilines is 2. The molecule has 0 bridgehead atoms. The molecule has 0 aliphatic carbocycles. The van der Waals surface area contributed by atoms with Crippen molar-refractivity contribution < 1.29 is 9.21 Å². The van der Waals surface area contributed by atoms with Crippen LogP contribution in [0.1, 0.15) is 11.1 Å². The minimum absolute atomic E-state index is 0.116. The van der Waals surface area contributed by atoms with Crippen LogP contribution in [0.2, 0.25) is 0 Å². The molecule has 6 rings (SSSR count). The van der Waals surface area contributed by atoms with Crippen LogP contribution in [-0.2, 0) is 4.79 Å². The van der Waals surface area contributed by atoms with E-state index in [2.05, 4.69) is 20.8 Å². The SMILES string of the molecule is O=C1Nc2ccccc2C(c2ccccc2)=NC1Nc1nnc(-c2cccc3ccccc23)o1. The Balaban J connectivity index is 1.37. The molecule has 0 saturated heterocycles. The van der Waals surface area contributed by atoms with E-state index in [-0.39, 0.29) is 11.9 Å². The van der Waals surface area contributed by atoms with Gasteiger partial charge in [-0.3, -0.25) is 4.79 Å². The fourth-order valence-electron chi connectivity index (χ4n) is 4.10. The summed E-state index contributed by atoms with van der Waals surface area (Å²) in [5.74, 6) is 0.0483. The monoisotopic (exact) mass is 445 g/mol. The molecule has 5 aromatic rings. The Labute approximate surface area is 195 Å². The number of carbonyl (C=O) groups excluding carboxylic acids is 1. The van der Waals surface area contributed by atoms with E-state index < -0.39 is 6.17 Å². The average Bonchev–Trinajstić information content (AvgIpc) is 3.30. The smallest absolute Gasteiger partial charge is 0.317 e. The lowest BCUT2D eigenvalue weighted by atomic mass is 10.0. The van der Waals surface area contributed by atoms with Gasteiger partial charge in [0, 0.05) is 16.7 Å². The summed E-state index contributed by atoms with van der Waals surface area (Å²) in [6, 6.07) is 31.4. The number of aliphatic imine (C=N–C) groups is 1. The molecular weight excluding hydrogens is 426 g/mol. The van der Waals surface area contributed by atoms with Gasteiger partial charge in [0.25, 0.3) is 5.91 Å². The lowest BCUT2D eigenvalue weighted by Gasteiger charge is -2.11. The first-order valence-corrected chi connectivity index (χ1v) is 10.9. The van der Waals surface area contributed by atoms with E-state index >= 15 is 0 Å². The van der Waals surface area contributed by atoms with E-state index in [0.29, 0.717) is 17.3 Å². The van der Waals surface area contributed by atoms with Crippen LogP contribution in [0.4, 0.5) is 11.7 Å². The number of aromatic nitrogens is 2. The van der Waals surface area contributed by atoms with Gasteiger partial charge >= 0.3 is 6.01 Å². The van der Waals surface area contributed by atoms with Gasteiger partial charge in [0.05, 0.1) is 11.4 Å².